The molecule has 6 heteroatoms. The summed E-state index contributed by atoms with van der Waals surface area (Å²) in [6, 6.07) is 5.69. The monoisotopic (exact) mass is 268 g/mol. The summed E-state index contributed by atoms with van der Waals surface area (Å²) in [5.41, 5.74) is 0.427. The van der Waals surface area contributed by atoms with Crippen molar-refractivity contribution in [2.24, 2.45) is 0 Å². The van der Waals surface area contributed by atoms with E-state index in [2.05, 4.69) is 10.6 Å². The molecule has 5 nitrogen and oxygen atoms in total. The zero-order valence-corrected chi connectivity index (χ0v) is 10.5. The van der Waals surface area contributed by atoms with Gasteiger partial charge < -0.3 is 15.7 Å². The number of rotatable bonds is 8. The van der Waals surface area contributed by atoms with Gasteiger partial charge in [0, 0.05) is 25.1 Å². The van der Waals surface area contributed by atoms with E-state index in [1.165, 1.54) is 18.2 Å². The SMILES string of the molecule is O=C(O)CCCNCCC(=O)Nc1cccc(F)c1. The summed E-state index contributed by atoms with van der Waals surface area (Å²) in [5, 5.41) is 14.0. The first-order valence-corrected chi connectivity index (χ1v) is 6.06. The number of nitrogens with one attached hydrogen (secondary N) is 2. The third kappa shape index (κ3) is 7.15. The highest BCUT2D eigenvalue weighted by Crippen LogP contribution is 2.08. The minimum absolute atomic E-state index is 0.114. The number of halogens is 1. The summed E-state index contributed by atoms with van der Waals surface area (Å²) in [6.07, 6.45) is 0.896. The smallest absolute Gasteiger partial charge is 0.303 e. The first kappa shape index (κ1) is 15.1. The highest BCUT2D eigenvalue weighted by molar-refractivity contribution is 5.90. The van der Waals surface area contributed by atoms with Crippen LogP contribution in [0.25, 0.3) is 0 Å². The van der Waals surface area contributed by atoms with Crippen LogP contribution >= 0.6 is 0 Å². The Labute approximate surface area is 110 Å². The molecule has 1 aromatic rings. The Morgan fingerprint density at radius 3 is 2.68 bits per heavy atom. The number of hydrogen-bond acceptors (Lipinski definition) is 3. The van der Waals surface area contributed by atoms with E-state index in [9.17, 15) is 14.0 Å². The van der Waals surface area contributed by atoms with E-state index in [1.807, 2.05) is 0 Å². The molecule has 19 heavy (non-hydrogen) atoms. The van der Waals surface area contributed by atoms with Crippen molar-refractivity contribution in [3.63, 3.8) is 0 Å². The van der Waals surface area contributed by atoms with Crippen molar-refractivity contribution < 1.29 is 19.1 Å². The first-order valence-electron chi connectivity index (χ1n) is 6.06. The molecule has 0 heterocycles. The van der Waals surface area contributed by atoms with Crippen LogP contribution in [-0.4, -0.2) is 30.1 Å². The summed E-state index contributed by atoms with van der Waals surface area (Å²) in [5.74, 6) is -1.44. The number of amides is 1. The van der Waals surface area contributed by atoms with Gasteiger partial charge in [-0.3, -0.25) is 9.59 Å². The maximum Gasteiger partial charge on any atom is 0.303 e. The molecule has 3 N–H and O–H groups in total. The lowest BCUT2D eigenvalue weighted by molar-refractivity contribution is -0.137. The summed E-state index contributed by atoms with van der Waals surface area (Å²) >= 11 is 0. The van der Waals surface area contributed by atoms with Crippen LogP contribution in [-0.2, 0) is 9.59 Å². The third-order valence-corrected chi connectivity index (χ3v) is 2.38. The normalized spacial score (nSPS) is 10.2. The number of carboxylic acid groups (broad SMARTS) is 1. The van der Waals surface area contributed by atoms with Crippen LogP contribution in [0.5, 0.6) is 0 Å². The fourth-order valence-corrected chi connectivity index (χ4v) is 1.48. The van der Waals surface area contributed by atoms with Gasteiger partial charge in [-0.1, -0.05) is 6.07 Å². The first-order chi connectivity index (χ1) is 9.08. The van der Waals surface area contributed by atoms with Crippen molar-refractivity contribution in [2.75, 3.05) is 18.4 Å². The molecule has 104 valence electrons. The van der Waals surface area contributed by atoms with Gasteiger partial charge in [0.25, 0.3) is 0 Å². The molecule has 0 aromatic heterocycles. The molecule has 0 aliphatic carbocycles. The summed E-state index contributed by atoms with van der Waals surface area (Å²) in [7, 11) is 0. The van der Waals surface area contributed by atoms with Crippen LogP contribution in [0, 0.1) is 5.82 Å². The number of benzene rings is 1. The van der Waals surface area contributed by atoms with Gasteiger partial charge in [-0.2, -0.15) is 0 Å². The molecule has 0 aliphatic heterocycles. The fraction of sp³-hybridized carbons (Fsp3) is 0.385. The molecule has 1 rings (SSSR count). The Hall–Kier alpha value is -1.95. The second-order valence-corrected chi connectivity index (χ2v) is 4.06. The highest BCUT2D eigenvalue weighted by atomic mass is 19.1. The predicted molar refractivity (Wildman–Crippen MR) is 69.4 cm³/mol. The van der Waals surface area contributed by atoms with E-state index < -0.39 is 11.8 Å². The Balaban J connectivity index is 2.13. The van der Waals surface area contributed by atoms with Gasteiger partial charge in [-0.25, -0.2) is 4.39 Å². The maximum absolute atomic E-state index is 12.9. The number of carbonyl (C=O) groups excluding carboxylic acids is 1. The Kier molecular flexibility index (Phi) is 6.52. The number of hydrogen-bond donors (Lipinski definition) is 3. The van der Waals surface area contributed by atoms with Crippen LogP contribution < -0.4 is 10.6 Å². The number of aliphatic carboxylic acids is 1. The van der Waals surface area contributed by atoms with Crippen molar-refractivity contribution in [3.05, 3.63) is 30.1 Å². The van der Waals surface area contributed by atoms with Crippen molar-refractivity contribution >= 4 is 17.6 Å². The molecule has 0 saturated heterocycles. The topological polar surface area (TPSA) is 78.4 Å². The maximum atomic E-state index is 12.9. The molecular formula is C13H17FN2O3. The predicted octanol–water partition coefficient (Wildman–Crippen LogP) is 1.61. The summed E-state index contributed by atoms with van der Waals surface area (Å²) in [6.45, 7) is 1.01. The quantitative estimate of drug-likeness (QED) is 0.626. The van der Waals surface area contributed by atoms with Crippen molar-refractivity contribution in [2.45, 2.75) is 19.3 Å². The van der Waals surface area contributed by atoms with Gasteiger partial charge in [-0.05, 0) is 31.2 Å². The summed E-state index contributed by atoms with van der Waals surface area (Å²) in [4.78, 5) is 21.7. The Morgan fingerprint density at radius 2 is 2.00 bits per heavy atom. The Morgan fingerprint density at radius 1 is 1.21 bits per heavy atom. The molecule has 0 radical (unpaired) electrons. The molecular weight excluding hydrogens is 251 g/mol. The van der Waals surface area contributed by atoms with Crippen LogP contribution in [0.1, 0.15) is 19.3 Å². The van der Waals surface area contributed by atoms with Crippen molar-refractivity contribution in [1.29, 1.82) is 0 Å². The van der Waals surface area contributed by atoms with E-state index in [-0.39, 0.29) is 18.7 Å². The fourth-order valence-electron chi connectivity index (χ4n) is 1.48. The minimum Gasteiger partial charge on any atom is -0.481 e. The van der Waals surface area contributed by atoms with E-state index >= 15 is 0 Å². The zero-order valence-electron chi connectivity index (χ0n) is 10.5. The third-order valence-electron chi connectivity index (χ3n) is 2.38. The highest BCUT2D eigenvalue weighted by Gasteiger charge is 2.03. The second kappa shape index (κ2) is 8.20. The van der Waals surface area contributed by atoms with Gasteiger partial charge >= 0.3 is 5.97 Å². The lowest BCUT2D eigenvalue weighted by Crippen LogP contribution is -2.23. The largest absolute Gasteiger partial charge is 0.481 e. The molecule has 0 bridgehead atoms. The van der Waals surface area contributed by atoms with Crippen LogP contribution in [0.3, 0.4) is 0 Å². The molecule has 0 atom stereocenters. The number of carbonyl (C=O) groups is 2. The molecule has 0 fully saturated rings. The van der Waals surface area contributed by atoms with Gasteiger partial charge in [0.1, 0.15) is 5.82 Å². The average molecular weight is 268 g/mol. The Bertz CT molecular complexity index is 438. The number of carboxylic acids is 1. The molecule has 0 unspecified atom stereocenters. The van der Waals surface area contributed by atoms with E-state index in [4.69, 9.17) is 5.11 Å². The lowest BCUT2D eigenvalue weighted by atomic mass is 10.3. The number of anilines is 1. The molecule has 0 spiro atoms. The molecule has 1 amide bonds. The molecule has 1 aromatic carbocycles. The molecule has 0 saturated carbocycles. The van der Waals surface area contributed by atoms with Crippen LogP contribution in [0.15, 0.2) is 24.3 Å². The molecule has 0 aliphatic rings. The van der Waals surface area contributed by atoms with E-state index in [0.29, 0.717) is 25.2 Å². The van der Waals surface area contributed by atoms with Crippen LogP contribution in [0.2, 0.25) is 0 Å². The van der Waals surface area contributed by atoms with Gasteiger partial charge in [0.2, 0.25) is 5.91 Å². The van der Waals surface area contributed by atoms with E-state index in [1.54, 1.807) is 6.07 Å². The van der Waals surface area contributed by atoms with Gasteiger partial charge in [0.05, 0.1) is 0 Å². The van der Waals surface area contributed by atoms with Crippen LogP contribution in [0.4, 0.5) is 10.1 Å². The second-order valence-electron chi connectivity index (χ2n) is 4.06. The van der Waals surface area contributed by atoms with Gasteiger partial charge in [-0.15, -0.1) is 0 Å². The lowest BCUT2D eigenvalue weighted by Gasteiger charge is -2.06. The van der Waals surface area contributed by atoms with Crippen molar-refractivity contribution in [1.82, 2.24) is 5.32 Å². The zero-order chi connectivity index (χ0) is 14.1. The standard InChI is InChI=1S/C13H17FN2O3/c14-10-3-1-4-11(9-10)16-12(17)6-8-15-7-2-5-13(18)19/h1,3-4,9,15H,2,5-8H2,(H,16,17)(H,18,19). The summed E-state index contributed by atoms with van der Waals surface area (Å²) < 4.78 is 12.9. The van der Waals surface area contributed by atoms with E-state index in [0.717, 1.165) is 0 Å². The van der Waals surface area contributed by atoms with Crippen molar-refractivity contribution in [3.8, 4) is 0 Å². The average Bonchev–Trinajstić information content (AvgIpc) is 2.33. The van der Waals surface area contributed by atoms with Gasteiger partial charge in [0.15, 0.2) is 0 Å². The minimum atomic E-state index is -0.828.